The van der Waals surface area contributed by atoms with E-state index in [4.69, 9.17) is 0 Å². The Morgan fingerprint density at radius 1 is 1.30 bits per heavy atom. The molecule has 0 spiro atoms. The maximum absolute atomic E-state index is 12.7. The number of hydrogen-bond donors (Lipinski definition) is 3. The molecule has 1 aliphatic carbocycles. The van der Waals surface area contributed by atoms with Gasteiger partial charge < -0.3 is 10.2 Å². The molecule has 2 heterocycles. The number of aromatic hydroxyl groups is 1. The molecule has 9 heteroatoms. The van der Waals surface area contributed by atoms with Gasteiger partial charge in [0, 0.05) is 0 Å². The average molecular weight is 426 g/mol. The van der Waals surface area contributed by atoms with E-state index in [9.17, 15) is 19.8 Å². The topological polar surface area (TPSA) is 115 Å². The van der Waals surface area contributed by atoms with Gasteiger partial charge in [0.25, 0.3) is 0 Å². The van der Waals surface area contributed by atoms with E-state index in [2.05, 4.69) is 15.6 Å². The number of carboxylic acids is 1. The minimum absolute atomic E-state index is 0.0278. The number of carboxylic acid groups (broad SMARTS) is 1. The van der Waals surface area contributed by atoms with Crippen molar-refractivity contribution >= 4 is 45.3 Å². The van der Waals surface area contributed by atoms with E-state index in [1.54, 1.807) is 25.1 Å². The predicted octanol–water partition coefficient (Wildman–Crippen LogP) is 4.00. The molecule has 1 amide bonds. The van der Waals surface area contributed by atoms with Crippen LogP contribution < -0.4 is 10.4 Å². The van der Waals surface area contributed by atoms with Crippen LogP contribution in [0.2, 0.25) is 0 Å². The largest absolute Gasteiger partial charge is 0.505 e. The molecule has 0 radical (unpaired) electrons. The van der Waals surface area contributed by atoms with Gasteiger partial charge in [0.05, 0.1) is 17.3 Å². The lowest BCUT2D eigenvalue weighted by Crippen LogP contribution is -2.27. The molecule has 2 unspecified atom stereocenters. The summed E-state index contributed by atoms with van der Waals surface area (Å²) in [5.74, 6) is -1.51. The van der Waals surface area contributed by atoms with Crippen molar-refractivity contribution in [1.82, 2.24) is 0 Å². The summed E-state index contributed by atoms with van der Waals surface area (Å²) in [6.45, 7) is 1.70. The first-order chi connectivity index (χ1) is 14.5. The van der Waals surface area contributed by atoms with Gasteiger partial charge in [0.15, 0.2) is 5.71 Å². The number of nitrogens with zero attached hydrogens (tertiary/aromatic N) is 3. The molecule has 1 aliphatic heterocycles. The van der Waals surface area contributed by atoms with Crippen LogP contribution in [0.25, 0.3) is 0 Å². The van der Waals surface area contributed by atoms with E-state index in [0.717, 1.165) is 12.8 Å². The number of amides is 1. The van der Waals surface area contributed by atoms with Crippen LogP contribution in [-0.2, 0) is 9.59 Å². The fourth-order valence-electron chi connectivity index (χ4n) is 3.96. The van der Waals surface area contributed by atoms with Gasteiger partial charge >= 0.3 is 11.9 Å². The number of carbonyl (C=O) groups excluding carboxylic acids is 1. The number of phenols is 1. The zero-order chi connectivity index (χ0) is 21.3. The molecular formula is C21H22N4O4S. The normalized spacial score (nSPS) is 23.0. The van der Waals surface area contributed by atoms with E-state index < -0.39 is 11.9 Å². The average Bonchev–Trinajstić information content (AvgIpc) is 3.36. The van der Waals surface area contributed by atoms with Crippen molar-refractivity contribution in [3.05, 3.63) is 41.3 Å². The van der Waals surface area contributed by atoms with Crippen LogP contribution in [0.4, 0.5) is 10.7 Å². The summed E-state index contributed by atoms with van der Waals surface area (Å²) in [7, 11) is 0. The molecule has 1 aromatic carbocycles. The van der Waals surface area contributed by atoms with Crippen LogP contribution >= 0.6 is 11.3 Å². The van der Waals surface area contributed by atoms with Gasteiger partial charge in [-0.15, -0.1) is 11.3 Å². The molecule has 2 atom stereocenters. The minimum Gasteiger partial charge on any atom is -0.505 e. The highest BCUT2D eigenvalue weighted by atomic mass is 32.1. The molecule has 3 N–H and O–H groups in total. The number of carbonyl (C=O) groups is 2. The van der Waals surface area contributed by atoms with Crippen molar-refractivity contribution < 1.29 is 19.8 Å². The molecule has 2 aliphatic rings. The third kappa shape index (κ3) is 3.80. The molecular weight excluding hydrogens is 404 g/mol. The Balaban J connectivity index is 1.53. The van der Waals surface area contributed by atoms with E-state index in [-0.39, 0.29) is 23.3 Å². The number of thiophene rings is 1. The smallest absolute Gasteiger partial charge is 0.306 e. The number of hydrogen-bond acceptors (Lipinski definition) is 7. The summed E-state index contributed by atoms with van der Waals surface area (Å²) in [5.41, 5.74) is 4.52. The number of phenolic OH excluding ortho intramolecular Hbond substituents is 1. The van der Waals surface area contributed by atoms with Gasteiger partial charge in [-0.1, -0.05) is 18.6 Å². The summed E-state index contributed by atoms with van der Waals surface area (Å²) in [6.07, 6.45) is 2.81. The highest BCUT2D eigenvalue weighted by Gasteiger charge is 2.32. The van der Waals surface area contributed by atoms with E-state index in [1.165, 1.54) is 16.3 Å². The van der Waals surface area contributed by atoms with E-state index in [1.807, 2.05) is 17.5 Å². The standard InChI is InChI=1S/C21H22N4O4S/c1-12-18(20(27)25(24-12)17-9-4-10-30-17)23-22-16-8-3-7-15(19(16)26)13-5-2-6-14(11-13)21(28)29/h3-4,7-10,13-14,22,26H,2,5-6,11H2,1H3,(H,28,29). The van der Waals surface area contributed by atoms with Crippen molar-refractivity contribution in [2.45, 2.75) is 38.5 Å². The highest BCUT2D eigenvalue weighted by molar-refractivity contribution is 7.14. The summed E-state index contributed by atoms with van der Waals surface area (Å²) >= 11 is 1.41. The number of rotatable bonds is 5. The van der Waals surface area contributed by atoms with Gasteiger partial charge in [-0.2, -0.15) is 15.2 Å². The van der Waals surface area contributed by atoms with Crippen LogP contribution in [0.15, 0.2) is 45.9 Å². The van der Waals surface area contributed by atoms with Crippen molar-refractivity contribution in [3.8, 4) is 5.75 Å². The lowest BCUT2D eigenvalue weighted by molar-refractivity contribution is -0.143. The quantitative estimate of drug-likeness (QED) is 0.494. The number of benzene rings is 1. The predicted molar refractivity (Wildman–Crippen MR) is 116 cm³/mol. The number of anilines is 2. The van der Waals surface area contributed by atoms with Crippen molar-refractivity contribution in [1.29, 1.82) is 0 Å². The minimum atomic E-state index is -0.787. The number of para-hydroxylation sites is 1. The maximum atomic E-state index is 12.7. The second-order valence-corrected chi connectivity index (χ2v) is 8.39. The first kappa shape index (κ1) is 20.1. The Labute approximate surface area is 177 Å². The third-order valence-corrected chi connectivity index (χ3v) is 6.36. The lowest BCUT2D eigenvalue weighted by Gasteiger charge is -2.27. The molecule has 2 aromatic rings. The van der Waals surface area contributed by atoms with Gasteiger partial charge in [-0.25, -0.2) is 0 Å². The van der Waals surface area contributed by atoms with Gasteiger partial charge in [-0.05, 0) is 61.2 Å². The Morgan fingerprint density at radius 2 is 2.13 bits per heavy atom. The molecule has 156 valence electrons. The van der Waals surface area contributed by atoms with E-state index >= 15 is 0 Å². The van der Waals surface area contributed by atoms with Gasteiger partial charge in [0.1, 0.15) is 10.8 Å². The summed E-state index contributed by atoms with van der Waals surface area (Å²) in [5, 5.41) is 32.5. The second kappa shape index (κ2) is 8.27. The molecule has 1 saturated carbocycles. The summed E-state index contributed by atoms with van der Waals surface area (Å²) in [6, 6.07) is 8.92. The monoisotopic (exact) mass is 426 g/mol. The third-order valence-electron chi connectivity index (χ3n) is 5.52. The van der Waals surface area contributed by atoms with Crippen LogP contribution in [0.3, 0.4) is 0 Å². The molecule has 8 nitrogen and oxygen atoms in total. The van der Waals surface area contributed by atoms with Crippen LogP contribution in [0.1, 0.15) is 44.1 Å². The Hall–Kier alpha value is -3.20. The molecule has 30 heavy (non-hydrogen) atoms. The first-order valence-electron chi connectivity index (χ1n) is 9.77. The van der Waals surface area contributed by atoms with Crippen LogP contribution in [0.5, 0.6) is 5.75 Å². The van der Waals surface area contributed by atoms with Crippen molar-refractivity contribution in [3.63, 3.8) is 0 Å². The van der Waals surface area contributed by atoms with Gasteiger partial charge in [-0.3, -0.25) is 15.0 Å². The van der Waals surface area contributed by atoms with Crippen LogP contribution in [0, 0.1) is 5.92 Å². The number of aliphatic carboxylic acids is 1. The second-order valence-electron chi connectivity index (χ2n) is 7.47. The van der Waals surface area contributed by atoms with Crippen molar-refractivity contribution in [2.75, 3.05) is 10.4 Å². The summed E-state index contributed by atoms with van der Waals surface area (Å²) < 4.78 is 0. The molecule has 0 bridgehead atoms. The molecule has 1 aromatic heterocycles. The lowest BCUT2D eigenvalue weighted by atomic mass is 9.77. The Bertz CT molecular complexity index is 1030. The van der Waals surface area contributed by atoms with Crippen LogP contribution in [-0.4, -0.2) is 33.5 Å². The highest BCUT2D eigenvalue weighted by Crippen LogP contribution is 2.42. The fraction of sp³-hybridized carbons (Fsp3) is 0.333. The van der Waals surface area contributed by atoms with E-state index in [0.29, 0.717) is 34.8 Å². The first-order valence-corrected chi connectivity index (χ1v) is 10.7. The molecule has 1 fully saturated rings. The Kier molecular flexibility index (Phi) is 5.54. The Morgan fingerprint density at radius 3 is 2.87 bits per heavy atom. The summed E-state index contributed by atoms with van der Waals surface area (Å²) in [4.78, 5) is 24.0. The maximum Gasteiger partial charge on any atom is 0.306 e. The SMILES string of the molecule is CC1=NN(c2cccs2)C(=O)C1=NNc1cccc(C2CCCC(C(=O)O)C2)c1O. The zero-order valence-electron chi connectivity index (χ0n) is 16.4. The van der Waals surface area contributed by atoms with Crippen molar-refractivity contribution in [2.24, 2.45) is 16.1 Å². The fourth-order valence-corrected chi connectivity index (χ4v) is 4.64. The molecule has 0 saturated heterocycles. The number of nitrogens with one attached hydrogen (secondary N) is 1. The number of hydrazone groups is 2. The van der Waals surface area contributed by atoms with Gasteiger partial charge in [0.2, 0.25) is 0 Å². The zero-order valence-corrected chi connectivity index (χ0v) is 17.2. The molecule has 4 rings (SSSR count).